The van der Waals surface area contributed by atoms with E-state index in [1.165, 1.54) is 13.0 Å². The standard InChI is InChI=1S/C27H17ClO4/c1-16(29)31-27-24(30)23-15-21(28)14-22(20-12-11-17-7-5-6-10-19(17)13-20)26(23)32-25(27)18-8-3-2-4-9-18/h2-15H,1H3. The van der Waals surface area contributed by atoms with Gasteiger partial charge in [-0.3, -0.25) is 9.59 Å². The van der Waals surface area contributed by atoms with Crippen molar-refractivity contribution in [3.05, 3.63) is 100 Å². The Labute approximate surface area is 188 Å². The van der Waals surface area contributed by atoms with E-state index in [1.54, 1.807) is 18.2 Å². The SMILES string of the molecule is CC(=O)Oc1c(-c2ccccc2)oc2c(-c3ccc4ccccc4c3)cc(Cl)cc2c1=O. The maximum absolute atomic E-state index is 13.4. The molecule has 0 N–H and O–H groups in total. The summed E-state index contributed by atoms with van der Waals surface area (Å²) in [4.78, 5) is 25.1. The predicted octanol–water partition coefficient (Wildman–Crippen LogP) is 6.86. The molecular weight excluding hydrogens is 424 g/mol. The van der Waals surface area contributed by atoms with E-state index in [-0.39, 0.29) is 16.9 Å². The summed E-state index contributed by atoms with van der Waals surface area (Å²) in [6.45, 7) is 1.25. The van der Waals surface area contributed by atoms with Crippen LogP contribution in [-0.2, 0) is 4.79 Å². The van der Waals surface area contributed by atoms with E-state index in [0.29, 0.717) is 21.7 Å². The Morgan fingerprint density at radius 3 is 2.31 bits per heavy atom. The Bertz CT molecular complexity index is 1550. The van der Waals surface area contributed by atoms with Crippen molar-refractivity contribution in [3.63, 3.8) is 0 Å². The van der Waals surface area contributed by atoms with Crippen LogP contribution in [0.3, 0.4) is 0 Å². The van der Waals surface area contributed by atoms with E-state index in [1.807, 2.05) is 60.7 Å². The first kappa shape index (κ1) is 20.0. The van der Waals surface area contributed by atoms with E-state index in [4.69, 9.17) is 20.8 Å². The van der Waals surface area contributed by atoms with Crippen molar-refractivity contribution in [3.8, 4) is 28.2 Å². The summed E-state index contributed by atoms with van der Waals surface area (Å²) in [5.74, 6) is -0.559. The van der Waals surface area contributed by atoms with Crippen LogP contribution in [0.2, 0.25) is 5.02 Å². The van der Waals surface area contributed by atoms with Gasteiger partial charge in [0.15, 0.2) is 5.76 Å². The Morgan fingerprint density at radius 2 is 1.56 bits per heavy atom. The molecule has 0 aliphatic carbocycles. The molecule has 5 rings (SSSR count). The molecule has 0 unspecified atom stereocenters. The van der Waals surface area contributed by atoms with Gasteiger partial charge in [0.2, 0.25) is 11.2 Å². The van der Waals surface area contributed by atoms with Crippen LogP contribution in [-0.4, -0.2) is 5.97 Å². The number of hydrogen-bond acceptors (Lipinski definition) is 4. The Hall–Kier alpha value is -3.89. The number of carbonyl (C=O) groups excluding carboxylic acids is 1. The van der Waals surface area contributed by atoms with Crippen LogP contribution in [0.1, 0.15) is 6.92 Å². The maximum Gasteiger partial charge on any atom is 0.308 e. The van der Waals surface area contributed by atoms with Gasteiger partial charge in [-0.25, -0.2) is 0 Å². The van der Waals surface area contributed by atoms with Crippen LogP contribution in [0.15, 0.2) is 94.1 Å². The highest BCUT2D eigenvalue weighted by atomic mass is 35.5. The number of ether oxygens (including phenoxy) is 1. The monoisotopic (exact) mass is 440 g/mol. The van der Waals surface area contributed by atoms with Crippen molar-refractivity contribution in [2.24, 2.45) is 0 Å². The maximum atomic E-state index is 13.4. The zero-order valence-electron chi connectivity index (χ0n) is 17.1. The molecule has 0 radical (unpaired) electrons. The fraction of sp³-hybridized carbons (Fsp3) is 0.0370. The summed E-state index contributed by atoms with van der Waals surface area (Å²) in [6.07, 6.45) is 0. The summed E-state index contributed by atoms with van der Waals surface area (Å²) in [5.41, 5.74) is 2.09. The van der Waals surface area contributed by atoms with Crippen LogP contribution in [0.25, 0.3) is 44.2 Å². The van der Waals surface area contributed by atoms with Gasteiger partial charge in [0.05, 0.1) is 5.39 Å². The van der Waals surface area contributed by atoms with Crippen LogP contribution in [0.4, 0.5) is 0 Å². The second-order valence-electron chi connectivity index (χ2n) is 7.44. The van der Waals surface area contributed by atoms with Gasteiger partial charge >= 0.3 is 5.97 Å². The average Bonchev–Trinajstić information content (AvgIpc) is 2.80. The van der Waals surface area contributed by atoms with E-state index in [2.05, 4.69) is 0 Å². The lowest BCUT2D eigenvalue weighted by Crippen LogP contribution is -2.13. The lowest BCUT2D eigenvalue weighted by atomic mass is 9.99. The first-order valence-electron chi connectivity index (χ1n) is 10.0. The molecule has 0 atom stereocenters. The molecule has 1 aromatic heterocycles. The highest BCUT2D eigenvalue weighted by Crippen LogP contribution is 2.37. The van der Waals surface area contributed by atoms with Crippen molar-refractivity contribution in [1.82, 2.24) is 0 Å². The Kier molecular flexibility index (Phi) is 5.00. The molecule has 0 fully saturated rings. The quantitative estimate of drug-likeness (QED) is 0.287. The first-order chi connectivity index (χ1) is 15.5. The number of rotatable bonds is 3. The van der Waals surface area contributed by atoms with Crippen LogP contribution < -0.4 is 10.2 Å². The van der Waals surface area contributed by atoms with Crippen molar-refractivity contribution < 1.29 is 13.9 Å². The normalized spacial score (nSPS) is 11.1. The number of benzene rings is 4. The van der Waals surface area contributed by atoms with Crippen molar-refractivity contribution in [1.29, 1.82) is 0 Å². The molecule has 32 heavy (non-hydrogen) atoms. The first-order valence-corrected chi connectivity index (χ1v) is 10.4. The Morgan fingerprint density at radius 1 is 0.844 bits per heavy atom. The topological polar surface area (TPSA) is 56.5 Å². The summed E-state index contributed by atoms with van der Waals surface area (Å²) in [5, 5.41) is 2.79. The van der Waals surface area contributed by atoms with Gasteiger partial charge in [-0.1, -0.05) is 78.3 Å². The smallest absolute Gasteiger partial charge is 0.308 e. The van der Waals surface area contributed by atoms with Crippen LogP contribution >= 0.6 is 11.6 Å². The molecule has 5 aromatic rings. The molecule has 4 aromatic carbocycles. The van der Waals surface area contributed by atoms with Gasteiger partial charge in [-0.2, -0.15) is 0 Å². The van der Waals surface area contributed by atoms with Crippen LogP contribution in [0.5, 0.6) is 5.75 Å². The molecule has 0 amide bonds. The van der Waals surface area contributed by atoms with E-state index in [0.717, 1.165) is 16.3 Å². The van der Waals surface area contributed by atoms with Gasteiger partial charge in [-0.05, 0) is 34.5 Å². The fourth-order valence-corrected chi connectivity index (χ4v) is 4.05. The lowest BCUT2D eigenvalue weighted by molar-refractivity contribution is -0.131. The lowest BCUT2D eigenvalue weighted by Gasteiger charge is -2.13. The molecule has 0 aliphatic heterocycles. The summed E-state index contributed by atoms with van der Waals surface area (Å²) < 4.78 is 11.6. The molecule has 0 saturated heterocycles. The van der Waals surface area contributed by atoms with Gasteiger partial charge < -0.3 is 9.15 Å². The van der Waals surface area contributed by atoms with Crippen molar-refractivity contribution in [2.75, 3.05) is 0 Å². The highest BCUT2D eigenvalue weighted by molar-refractivity contribution is 6.32. The minimum Gasteiger partial charge on any atom is -0.451 e. The van der Waals surface area contributed by atoms with Gasteiger partial charge in [-0.15, -0.1) is 0 Å². The van der Waals surface area contributed by atoms with E-state index in [9.17, 15) is 9.59 Å². The summed E-state index contributed by atoms with van der Waals surface area (Å²) in [6, 6.07) is 26.4. The van der Waals surface area contributed by atoms with Crippen molar-refractivity contribution >= 4 is 39.3 Å². The molecule has 0 spiro atoms. The Balaban J connectivity index is 1.86. The van der Waals surface area contributed by atoms with Gasteiger partial charge in [0.25, 0.3) is 0 Å². The molecule has 0 aliphatic rings. The number of halogens is 1. The molecule has 0 bridgehead atoms. The van der Waals surface area contributed by atoms with E-state index < -0.39 is 11.4 Å². The molecule has 5 heteroatoms. The predicted molar refractivity (Wildman–Crippen MR) is 127 cm³/mol. The fourth-order valence-electron chi connectivity index (χ4n) is 3.83. The molecule has 0 saturated carbocycles. The zero-order chi connectivity index (χ0) is 22.2. The third-order valence-electron chi connectivity index (χ3n) is 5.26. The number of esters is 1. The molecule has 4 nitrogen and oxygen atoms in total. The van der Waals surface area contributed by atoms with Crippen LogP contribution in [0, 0.1) is 0 Å². The van der Waals surface area contributed by atoms with Crippen molar-refractivity contribution in [2.45, 2.75) is 6.92 Å². The third-order valence-corrected chi connectivity index (χ3v) is 5.48. The molecule has 156 valence electrons. The second kappa shape index (κ2) is 7.98. The highest BCUT2D eigenvalue weighted by Gasteiger charge is 2.22. The average molecular weight is 441 g/mol. The van der Waals surface area contributed by atoms with E-state index >= 15 is 0 Å². The summed E-state index contributed by atoms with van der Waals surface area (Å²) in [7, 11) is 0. The number of hydrogen-bond donors (Lipinski definition) is 0. The number of fused-ring (bicyclic) bond motifs is 2. The minimum absolute atomic E-state index is 0.150. The largest absolute Gasteiger partial charge is 0.451 e. The second-order valence-corrected chi connectivity index (χ2v) is 7.88. The summed E-state index contributed by atoms with van der Waals surface area (Å²) >= 11 is 6.39. The van der Waals surface area contributed by atoms with Gasteiger partial charge in [0, 0.05) is 23.1 Å². The number of carbonyl (C=O) groups is 1. The molecule has 1 heterocycles. The van der Waals surface area contributed by atoms with Gasteiger partial charge in [0.1, 0.15) is 5.58 Å². The zero-order valence-corrected chi connectivity index (χ0v) is 17.8. The minimum atomic E-state index is -0.606. The molecular formula is C27H17ClO4. The third kappa shape index (κ3) is 3.55.